The molecule has 0 spiro atoms. The number of pyridine rings is 1. The number of hydrogen-bond donors (Lipinski definition) is 0. The average Bonchev–Trinajstić information content (AvgIpc) is 3.34. The van der Waals surface area contributed by atoms with Crippen molar-refractivity contribution in [2.24, 2.45) is 0 Å². The first kappa shape index (κ1) is 19.5. The van der Waals surface area contributed by atoms with Crippen LogP contribution in [-0.2, 0) is 17.8 Å². The zero-order valence-electron chi connectivity index (χ0n) is 17.0. The normalized spacial score (nSPS) is 12.5. The van der Waals surface area contributed by atoms with Crippen molar-refractivity contribution in [3.8, 4) is 11.5 Å². The van der Waals surface area contributed by atoms with E-state index in [4.69, 9.17) is 4.74 Å². The van der Waals surface area contributed by atoms with Gasteiger partial charge in [-0.1, -0.05) is 48.5 Å². The number of nitrogens with zero attached hydrogens (tertiary/aromatic N) is 2. The van der Waals surface area contributed by atoms with Crippen LogP contribution in [0.2, 0.25) is 0 Å². The Hall–Kier alpha value is -3.44. The predicted octanol–water partition coefficient (Wildman–Crippen LogP) is 5.65. The van der Waals surface area contributed by atoms with E-state index in [2.05, 4.69) is 22.5 Å². The first-order valence-electron chi connectivity index (χ1n) is 10.4. The van der Waals surface area contributed by atoms with E-state index in [9.17, 15) is 4.79 Å². The van der Waals surface area contributed by atoms with Crippen LogP contribution in [0.3, 0.4) is 0 Å². The second-order valence-corrected chi connectivity index (χ2v) is 8.59. The van der Waals surface area contributed by atoms with Gasteiger partial charge in [0.25, 0.3) is 0 Å². The third-order valence-electron chi connectivity index (χ3n) is 5.54. The van der Waals surface area contributed by atoms with Crippen LogP contribution >= 0.6 is 11.3 Å². The Kier molecular flexibility index (Phi) is 5.50. The van der Waals surface area contributed by atoms with Crippen molar-refractivity contribution < 1.29 is 9.53 Å². The zero-order valence-corrected chi connectivity index (χ0v) is 17.8. The summed E-state index contributed by atoms with van der Waals surface area (Å²) in [6.07, 6.45) is 4.42. The molecule has 4 nitrogen and oxygen atoms in total. The van der Waals surface area contributed by atoms with Crippen molar-refractivity contribution in [3.05, 3.63) is 112 Å². The Morgan fingerprint density at radius 2 is 1.68 bits per heavy atom. The van der Waals surface area contributed by atoms with Crippen molar-refractivity contribution >= 4 is 17.2 Å². The molecule has 4 aromatic rings. The third-order valence-corrected chi connectivity index (χ3v) is 6.48. The molecule has 0 aliphatic carbocycles. The molecule has 31 heavy (non-hydrogen) atoms. The number of amides is 1. The van der Waals surface area contributed by atoms with Gasteiger partial charge in [0.15, 0.2) is 0 Å². The summed E-state index contributed by atoms with van der Waals surface area (Å²) in [5.41, 5.74) is 2.85. The van der Waals surface area contributed by atoms with Gasteiger partial charge in [-0.15, -0.1) is 11.3 Å². The number of hydrogen-bond acceptors (Lipinski definition) is 4. The number of thiophene rings is 1. The highest BCUT2D eigenvalue weighted by Gasteiger charge is 2.35. The minimum Gasteiger partial charge on any atom is -0.457 e. The fraction of sp³-hybridized carbons (Fsp3) is 0.154. The SMILES string of the molecule is O=C(C1c2ccccc2Oc2ccccc21)N(CCc1cccs1)Cc1cccnc1. The summed E-state index contributed by atoms with van der Waals surface area (Å²) in [5.74, 6) is 1.20. The highest BCUT2D eigenvalue weighted by Crippen LogP contribution is 2.44. The molecule has 0 bridgehead atoms. The Morgan fingerprint density at radius 1 is 0.935 bits per heavy atom. The first-order chi connectivity index (χ1) is 15.3. The molecule has 0 radical (unpaired) electrons. The summed E-state index contributed by atoms with van der Waals surface area (Å²) in [5, 5.41) is 2.08. The van der Waals surface area contributed by atoms with Crippen molar-refractivity contribution in [1.29, 1.82) is 0 Å². The van der Waals surface area contributed by atoms with Crippen LogP contribution in [0.4, 0.5) is 0 Å². The van der Waals surface area contributed by atoms with Crippen LogP contribution < -0.4 is 4.74 Å². The molecular weight excluding hydrogens is 404 g/mol. The van der Waals surface area contributed by atoms with Crippen LogP contribution in [0.15, 0.2) is 90.6 Å². The molecule has 1 aliphatic heterocycles. The summed E-state index contributed by atoms with van der Waals surface area (Å²) in [6, 6.07) is 23.8. The molecule has 0 N–H and O–H groups in total. The van der Waals surface area contributed by atoms with E-state index >= 15 is 0 Å². The monoisotopic (exact) mass is 426 g/mol. The molecule has 1 amide bonds. The van der Waals surface area contributed by atoms with Gasteiger partial charge in [0.2, 0.25) is 5.91 Å². The largest absolute Gasteiger partial charge is 0.457 e. The molecular formula is C26H22N2O2S. The lowest BCUT2D eigenvalue weighted by Gasteiger charge is -2.32. The fourth-order valence-corrected chi connectivity index (χ4v) is 4.74. The molecule has 5 rings (SSSR count). The number of aromatic nitrogens is 1. The quantitative estimate of drug-likeness (QED) is 0.400. The lowest BCUT2D eigenvalue weighted by molar-refractivity contribution is -0.132. The maximum absolute atomic E-state index is 14.0. The number of carbonyl (C=O) groups excluding carboxylic acids is 1. The van der Waals surface area contributed by atoms with E-state index in [1.54, 1.807) is 17.5 Å². The Morgan fingerprint density at radius 3 is 2.32 bits per heavy atom. The van der Waals surface area contributed by atoms with Crippen molar-refractivity contribution in [2.45, 2.75) is 18.9 Å². The molecule has 0 saturated heterocycles. The van der Waals surface area contributed by atoms with E-state index in [0.29, 0.717) is 13.1 Å². The second kappa shape index (κ2) is 8.74. The van der Waals surface area contributed by atoms with Crippen molar-refractivity contribution in [3.63, 3.8) is 0 Å². The number of carbonyl (C=O) groups is 1. The van der Waals surface area contributed by atoms with Gasteiger partial charge in [-0.05, 0) is 41.6 Å². The second-order valence-electron chi connectivity index (χ2n) is 7.56. The van der Waals surface area contributed by atoms with Crippen LogP contribution in [0.25, 0.3) is 0 Å². The maximum atomic E-state index is 14.0. The summed E-state index contributed by atoms with van der Waals surface area (Å²) in [4.78, 5) is 21.5. The van der Waals surface area contributed by atoms with Gasteiger partial charge in [0.1, 0.15) is 11.5 Å². The van der Waals surface area contributed by atoms with Gasteiger partial charge in [0, 0.05) is 41.5 Å². The van der Waals surface area contributed by atoms with Crippen LogP contribution in [0.5, 0.6) is 11.5 Å². The molecule has 1 aliphatic rings. The van der Waals surface area contributed by atoms with Gasteiger partial charge in [-0.2, -0.15) is 0 Å². The summed E-state index contributed by atoms with van der Waals surface area (Å²) in [7, 11) is 0. The van der Waals surface area contributed by atoms with E-state index < -0.39 is 0 Å². The topological polar surface area (TPSA) is 42.4 Å². The van der Waals surface area contributed by atoms with E-state index in [1.165, 1.54) is 4.88 Å². The molecule has 0 unspecified atom stereocenters. The fourth-order valence-electron chi connectivity index (χ4n) is 4.04. The average molecular weight is 427 g/mol. The van der Waals surface area contributed by atoms with Crippen LogP contribution in [0.1, 0.15) is 27.5 Å². The van der Waals surface area contributed by atoms with Gasteiger partial charge in [-0.3, -0.25) is 9.78 Å². The number of para-hydroxylation sites is 2. The molecule has 0 fully saturated rings. The molecule has 0 atom stereocenters. The van der Waals surface area contributed by atoms with Gasteiger partial charge in [-0.25, -0.2) is 0 Å². The predicted molar refractivity (Wildman–Crippen MR) is 122 cm³/mol. The lowest BCUT2D eigenvalue weighted by Crippen LogP contribution is -2.37. The lowest BCUT2D eigenvalue weighted by atomic mass is 9.86. The highest BCUT2D eigenvalue weighted by molar-refractivity contribution is 7.09. The number of ether oxygens (including phenoxy) is 1. The minimum atomic E-state index is -0.388. The molecule has 5 heteroatoms. The zero-order chi connectivity index (χ0) is 21.0. The Balaban J connectivity index is 1.51. The van der Waals surface area contributed by atoms with Crippen LogP contribution in [-0.4, -0.2) is 22.3 Å². The van der Waals surface area contributed by atoms with E-state index in [1.807, 2.05) is 71.8 Å². The standard InChI is InChI=1S/C26H22N2O2S/c29-26(25-21-9-1-3-11-23(21)30-24-12-4-2-10-22(24)25)28(15-13-20-8-6-16-31-20)18-19-7-5-14-27-17-19/h1-12,14,16-17,25H,13,15,18H2. The smallest absolute Gasteiger partial charge is 0.235 e. The molecule has 0 saturated carbocycles. The van der Waals surface area contributed by atoms with Crippen LogP contribution in [0, 0.1) is 0 Å². The Labute approximate surface area is 185 Å². The molecule has 2 aromatic carbocycles. The summed E-state index contributed by atoms with van der Waals surface area (Å²) < 4.78 is 6.10. The molecule has 154 valence electrons. The van der Waals surface area contributed by atoms with E-state index in [0.717, 1.165) is 34.6 Å². The first-order valence-corrected chi connectivity index (χ1v) is 11.2. The van der Waals surface area contributed by atoms with Crippen molar-refractivity contribution in [2.75, 3.05) is 6.54 Å². The van der Waals surface area contributed by atoms with E-state index in [-0.39, 0.29) is 11.8 Å². The third kappa shape index (κ3) is 4.09. The van der Waals surface area contributed by atoms with Gasteiger partial charge < -0.3 is 9.64 Å². The number of benzene rings is 2. The Bertz CT molecular complexity index is 1130. The molecule has 2 aromatic heterocycles. The van der Waals surface area contributed by atoms with Crippen molar-refractivity contribution in [1.82, 2.24) is 9.88 Å². The minimum absolute atomic E-state index is 0.0867. The van der Waals surface area contributed by atoms with Gasteiger partial charge >= 0.3 is 0 Å². The number of fused-ring (bicyclic) bond motifs is 2. The number of rotatable bonds is 6. The maximum Gasteiger partial charge on any atom is 0.235 e. The molecule has 3 heterocycles. The summed E-state index contributed by atoms with van der Waals surface area (Å²) in [6.45, 7) is 1.18. The summed E-state index contributed by atoms with van der Waals surface area (Å²) >= 11 is 1.73. The van der Waals surface area contributed by atoms with Gasteiger partial charge in [0.05, 0.1) is 5.92 Å². The highest BCUT2D eigenvalue weighted by atomic mass is 32.1.